The summed E-state index contributed by atoms with van der Waals surface area (Å²) < 4.78 is 11.8. The Morgan fingerprint density at radius 1 is 1.33 bits per heavy atom. The molecule has 1 aromatic heterocycles. The van der Waals surface area contributed by atoms with E-state index in [4.69, 9.17) is 9.15 Å². The van der Waals surface area contributed by atoms with Gasteiger partial charge in [-0.25, -0.2) is 4.79 Å². The monoisotopic (exact) mass is 485 g/mol. The number of carboxylic acids is 1. The summed E-state index contributed by atoms with van der Waals surface area (Å²) in [5.41, 5.74) is 2.00. The van der Waals surface area contributed by atoms with E-state index in [-0.39, 0.29) is 16.7 Å². The maximum absolute atomic E-state index is 11.6. The molecule has 30 heavy (non-hydrogen) atoms. The summed E-state index contributed by atoms with van der Waals surface area (Å²) in [6.07, 6.45) is 2.09. The van der Waals surface area contributed by atoms with Gasteiger partial charge in [-0.15, -0.1) is 10.2 Å². The van der Waals surface area contributed by atoms with Gasteiger partial charge < -0.3 is 14.3 Å². The first-order valence-electron chi connectivity index (χ1n) is 8.85. The second-order valence-electron chi connectivity index (χ2n) is 5.98. The van der Waals surface area contributed by atoms with Crippen LogP contribution < -0.4 is 4.74 Å². The summed E-state index contributed by atoms with van der Waals surface area (Å²) in [7, 11) is 0. The highest BCUT2D eigenvalue weighted by Gasteiger charge is 2.15. The molecule has 0 spiro atoms. The van der Waals surface area contributed by atoms with Crippen LogP contribution in [0.2, 0.25) is 0 Å². The molecule has 7 nitrogen and oxygen atoms in total. The lowest BCUT2D eigenvalue weighted by molar-refractivity contribution is -0.131. The molecular formula is C21H16BrN3O4S. The molecular weight excluding hydrogens is 470 g/mol. The number of aryl methyl sites for hydroxylation is 1. The Morgan fingerprint density at radius 3 is 2.80 bits per heavy atom. The van der Waals surface area contributed by atoms with Gasteiger partial charge in [0.25, 0.3) is 5.22 Å². The molecule has 2 aromatic carbocycles. The van der Waals surface area contributed by atoms with Gasteiger partial charge in [0, 0.05) is 12.0 Å². The maximum atomic E-state index is 11.6. The minimum absolute atomic E-state index is 0.0461. The van der Waals surface area contributed by atoms with Crippen LogP contribution in [-0.2, 0) is 17.8 Å². The molecule has 0 fully saturated rings. The van der Waals surface area contributed by atoms with E-state index < -0.39 is 5.97 Å². The molecule has 1 N–H and O–H groups in total. The summed E-state index contributed by atoms with van der Waals surface area (Å²) in [5.74, 6) is -0.0702. The van der Waals surface area contributed by atoms with Gasteiger partial charge >= 0.3 is 5.97 Å². The van der Waals surface area contributed by atoms with Gasteiger partial charge in [-0.3, -0.25) is 0 Å². The highest BCUT2D eigenvalue weighted by Crippen LogP contribution is 2.31. The van der Waals surface area contributed by atoms with Crippen LogP contribution in [0.4, 0.5) is 0 Å². The summed E-state index contributed by atoms with van der Waals surface area (Å²) >= 11 is 4.34. The van der Waals surface area contributed by atoms with E-state index >= 15 is 0 Å². The molecule has 0 amide bonds. The van der Waals surface area contributed by atoms with Gasteiger partial charge in [0.1, 0.15) is 17.3 Å². The Labute approximate surface area is 185 Å². The quantitative estimate of drug-likeness (QED) is 0.348. The Kier molecular flexibility index (Phi) is 7.27. The predicted molar refractivity (Wildman–Crippen MR) is 115 cm³/mol. The molecule has 0 bridgehead atoms. The van der Waals surface area contributed by atoms with E-state index in [0.717, 1.165) is 17.3 Å². The SMILES string of the molecule is CCc1nnc(S/C(=C\c2ccc(OCc3ccccc3C#N)c(Br)c2)C(=O)O)o1. The third kappa shape index (κ3) is 5.49. The van der Waals surface area contributed by atoms with Gasteiger partial charge in [-0.1, -0.05) is 31.2 Å². The number of aromatic nitrogens is 2. The first kappa shape index (κ1) is 21.6. The number of nitrogens with zero attached hydrogens (tertiary/aromatic N) is 3. The molecule has 3 rings (SSSR count). The average Bonchev–Trinajstić information content (AvgIpc) is 3.20. The van der Waals surface area contributed by atoms with E-state index in [1.54, 1.807) is 30.3 Å². The van der Waals surface area contributed by atoms with Crippen molar-refractivity contribution >= 4 is 39.7 Å². The topological polar surface area (TPSA) is 109 Å². The number of carboxylic acid groups (broad SMARTS) is 1. The summed E-state index contributed by atoms with van der Waals surface area (Å²) in [4.78, 5) is 11.7. The number of benzene rings is 2. The van der Waals surface area contributed by atoms with E-state index in [1.165, 1.54) is 6.08 Å². The minimum Gasteiger partial charge on any atom is -0.488 e. The molecule has 0 radical (unpaired) electrons. The molecule has 152 valence electrons. The smallest absolute Gasteiger partial charge is 0.342 e. The number of hydrogen-bond acceptors (Lipinski definition) is 7. The summed E-state index contributed by atoms with van der Waals surface area (Å²) in [6, 6.07) is 14.6. The van der Waals surface area contributed by atoms with Crippen LogP contribution in [0.5, 0.6) is 5.75 Å². The van der Waals surface area contributed by atoms with Crippen LogP contribution in [0.1, 0.15) is 29.5 Å². The van der Waals surface area contributed by atoms with Crippen molar-refractivity contribution in [1.82, 2.24) is 10.2 Å². The molecule has 0 aliphatic carbocycles. The van der Waals surface area contributed by atoms with Crippen molar-refractivity contribution in [1.29, 1.82) is 5.26 Å². The number of aliphatic carboxylic acids is 1. The van der Waals surface area contributed by atoms with Crippen LogP contribution >= 0.6 is 27.7 Å². The number of carbonyl (C=O) groups is 1. The van der Waals surface area contributed by atoms with Crippen molar-refractivity contribution < 1.29 is 19.1 Å². The molecule has 0 atom stereocenters. The van der Waals surface area contributed by atoms with Crippen LogP contribution in [0.25, 0.3) is 6.08 Å². The lowest BCUT2D eigenvalue weighted by Gasteiger charge is -2.10. The molecule has 0 saturated heterocycles. The number of hydrogen-bond donors (Lipinski definition) is 1. The van der Waals surface area contributed by atoms with Crippen molar-refractivity contribution in [2.75, 3.05) is 0 Å². The molecule has 0 unspecified atom stereocenters. The van der Waals surface area contributed by atoms with Crippen molar-refractivity contribution in [2.24, 2.45) is 0 Å². The van der Waals surface area contributed by atoms with Gasteiger partial charge in [0.15, 0.2) is 0 Å². The predicted octanol–water partition coefficient (Wildman–Crippen LogP) is 5.06. The van der Waals surface area contributed by atoms with E-state index in [9.17, 15) is 15.2 Å². The van der Waals surface area contributed by atoms with Gasteiger partial charge in [-0.05, 0) is 57.5 Å². The fourth-order valence-corrected chi connectivity index (χ4v) is 3.64. The van der Waals surface area contributed by atoms with Crippen LogP contribution in [0.15, 0.2) is 61.5 Å². The lowest BCUT2D eigenvalue weighted by atomic mass is 10.1. The Morgan fingerprint density at radius 2 is 2.13 bits per heavy atom. The molecule has 0 saturated carbocycles. The standard InChI is InChI=1S/C21H16BrN3O4S/c1-2-19-24-25-21(29-19)30-18(20(26)27)10-13-7-8-17(16(22)9-13)28-12-15-6-4-3-5-14(15)11-23/h3-10H,2,12H2,1H3,(H,26,27)/b18-10-. The Hall–Kier alpha value is -3.09. The fourth-order valence-electron chi connectivity index (χ4n) is 2.44. The molecule has 0 aliphatic heterocycles. The van der Waals surface area contributed by atoms with Crippen molar-refractivity contribution in [3.05, 3.63) is 74.4 Å². The molecule has 3 aromatic rings. The maximum Gasteiger partial charge on any atom is 0.342 e. The van der Waals surface area contributed by atoms with E-state index in [2.05, 4.69) is 32.2 Å². The van der Waals surface area contributed by atoms with E-state index in [0.29, 0.717) is 33.7 Å². The van der Waals surface area contributed by atoms with Crippen molar-refractivity contribution in [3.63, 3.8) is 0 Å². The van der Waals surface area contributed by atoms with Crippen LogP contribution in [0, 0.1) is 11.3 Å². The number of ether oxygens (including phenoxy) is 1. The highest BCUT2D eigenvalue weighted by atomic mass is 79.9. The first-order chi connectivity index (χ1) is 14.5. The summed E-state index contributed by atoms with van der Waals surface area (Å²) in [6.45, 7) is 2.11. The minimum atomic E-state index is -1.10. The number of nitriles is 1. The number of halogens is 1. The Balaban J connectivity index is 1.75. The van der Waals surface area contributed by atoms with Gasteiger partial charge in [0.2, 0.25) is 5.89 Å². The second kappa shape index (κ2) is 10.1. The Bertz CT molecular complexity index is 1140. The lowest BCUT2D eigenvalue weighted by Crippen LogP contribution is -1.99. The zero-order valence-electron chi connectivity index (χ0n) is 15.8. The molecule has 0 aliphatic rings. The number of thioether (sulfide) groups is 1. The second-order valence-corrected chi connectivity index (χ2v) is 7.83. The van der Waals surface area contributed by atoms with E-state index in [1.807, 2.05) is 19.1 Å². The first-order valence-corrected chi connectivity index (χ1v) is 10.5. The normalized spacial score (nSPS) is 11.2. The zero-order chi connectivity index (χ0) is 21.5. The molecule has 9 heteroatoms. The van der Waals surface area contributed by atoms with Gasteiger partial charge in [-0.2, -0.15) is 5.26 Å². The van der Waals surface area contributed by atoms with Crippen LogP contribution in [0.3, 0.4) is 0 Å². The third-order valence-corrected chi connectivity index (χ3v) is 5.41. The van der Waals surface area contributed by atoms with Crippen LogP contribution in [-0.4, -0.2) is 21.3 Å². The largest absolute Gasteiger partial charge is 0.488 e. The third-order valence-electron chi connectivity index (χ3n) is 3.93. The zero-order valence-corrected chi connectivity index (χ0v) is 18.2. The fraction of sp³-hybridized carbons (Fsp3) is 0.143. The van der Waals surface area contributed by atoms with Crippen molar-refractivity contribution in [3.8, 4) is 11.8 Å². The highest BCUT2D eigenvalue weighted by molar-refractivity contribution is 9.10. The summed E-state index contributed by atoms with van der Waals surface area (Å²) in [5, 5.41) is 26.5. The van der Waals surface area contributed by atoms with Crippen molar-refractivity contribution in [2.45, 2.75) is 25.2 Å². The van der Waals surface area contributed by atoms with Gasteiger partial charge in [0.05, 0.1) is 16.1 Å². The average molecular weight is 486 g/mol. The molecule has 1 heterocycles. The number of rotatable bonds is 8.